The molecular weight excluding hydrogens is 328 g/mol. The average Bonchev–Trinajstić information content (AvgIpc) is 3.02. The molecule has 1 aromatic carbocycles. The van der Waals surface area contributed by atoms with Gasteiger partial charge in [-0.2, -0.15) is 0 Å². The molecule has 1 amide bonds. The van der Waals surface area contributed by atoms with E-state index in [1.807, 2.05) is 12.1 Å². The second kappa shape index (κ2) is 7.57. The normalized spacial score (nSPS) is 17.5. The largest absolute Gasteiger partial charge is 0.481 e. The molecule has 7 heteroatoms. The number of nitrogens with one attached hydrogen (secondary N) is 1. The number of hydrogen-bond donors (Lipinski definition) is 1. The summed E-state index contributed by atoms with van der Waals surface area (Å²) in [6, 6.07) is 6.65. The molecule has 1 aliphatic rings. The summed E-state index contributed by atoms with van der Waals surface area (Å²) < 4.78 is 31.6. The second-order valence-electron chi connectivity index (χ2n) is 6.03. The molecule has 5 nitrogen and oxygen atoms in total. The van der Waals surface area contributed by atoms with Gasteiger partial charge >= 0.3 is 0 Å². The van der Waals surface area contributed by atoms with Gasteiger partial charge < -0.3 is 10.1 Å². The molecule has 1 aromatic heterocycles. The van der Waals surface area contributed by atoms with Gasteiger partial charge in [0.15, 0.2) is 0 Å². The van der Waals surface area contributed by atoms with Crippen molar-refractivity contribution in [1.29, 1.82) is 0 Å². The first-order valence-corrected chi connectivity index (χ1v) is 8.02. The maximum Gasteiger partial charge on any atom is 0.254 e. The van der Waals surface area contributed by atoms with E-state index in [4.69, 9.17) is 4.74 Å². The lowest BCUT2D eigenvalue weighted by Crippen LogP contribution is -2.37. The molecule has 0 spiro atoms. The summed E-state index contributed by atoms with van der Waals surface area (Å²) in [6.07, 6.45) is 2.54. The van der Waals surface area contributed by atoms with E-state index in [2.05, 4.69) is 15.2 Å². The van der Waals surface area contributed by atoms with Gasteiger partial charge in [-0.1, -0.05) is 6.07 Å². The third kappa shape index (κ3) is 4.30. The fraction of sp³-hybridized carbons (Fsp3) is 0.333. The SMILES string of the molecule is COc1ccc(CN2CCC(NC(=O)c3ccc(F)cc3F)C2)cn1. The molecule has 1 fully saturated rings. The molecule has 2 heterocycles. The summed E-state index contributed by atoms with van der Waals surface area (Å²) in [7, 11) is 1.57. The number of carbonyl (C=O) groups excluding carboxylic acids is 1. The highest BCUT2D eigenvalue weighted by Crippen LogP contribution is 2.16. The zero-order valence-corrected chi connectivity index (χ0v) is 13.8. The van der Waals surface area contributed by atoms with Gasteiger partial charge in [0.25, 0.3) is 5.91 Å². The van der Waals surface area contributed by atoms with Crippen LogP contribution in [0.25, 0.3) is 0 Å². The van der Waals surface area contributed by atoms with E-state index in [9.17, 15) is 13.6 Å². The van der Waals surface area contributed by atoms with Crippen LogP contribution in [0.3, 0.4) is 0 Å². The van der Waals surface area contributed by atoms with Gasteiger partial charge in [-0.15, -0.1) is 0 Å². The summed E-state index contributed by atoms with van der Waals surface area (Å²) in [4.78, 5) is 18.5. The first kappa shape index (κ1) is 17.3. The van der Waals surface area contributed by atoms with Crippen molar-refractivity contribution in [2.45, 2.75) is 19.0 Å². The van der Waals surface area contributed by atoms with Crippen molar-refractivity contribution >= 4 is 5.91 Å². The molecule has 25 heavy (non-hydrogen) atoms. The van der Waals surface area contributed by atoms with Crippen LogP contribution in [-0.2, 0) is 6.54 Å². The number of rotatable bonds is 5. The van der Waals surface area contributed by atoms with E-state index >= 15 is 0 Å². The number of methoxy groups -OCH3 is 1. The predicted octanol–water partition coefficient (Wildman–Crippen LogP) is 2.37. The van der Waals surface area contributed by atoms with Crippen molar-refractivity contribution in [3.05, 3.63) is 59.3 Å². The number of benzene rings is 1. The summed E-state index contributed by atoms with van der Waals surface area (Å²) in [5, 5.41) is 2.81. The number of carbonyl (C=O) groups is 1. The minimum absolute atomic E-state index is 0.0665. The molecule has 1 aliphatic heterocycles. The lowest BCUT2D eigenvalue weighted by atomic mass is 10.1. The maximum absolute atomic E-state index is 13.7. The number of aromatic nitrogens is 1. The highest BCUT2D eigenvalue weighted by Gasteiger charge is 2.25. The van der Waals surface area contributed by atoms with E-state index in [-0.39, 0.29) is 11.6 Å². The summed E-state index contributed by atoms with van der Waals surface area (Å²) >= 11 is 0. The Labute approximate surface area is 144 Å². The van der Waals surface area contributed by atoms with Crippen molar-refractivity contribution in [2.24, 2.45) is 0 Å². The molecule has 0 bridgehead atoms. The van der Waals surface area contributed by atoms with Gasteiger partial charge in [0, 0.05) is 44.0 Å². The molecule has 0 aliphatic carbocycles. The van der Waals surface area contributed by atoms with Crippen LogP contribution in [0.5, 0.6) is 5.88 Å². The lowest BCUT2D eigenvalue weighted by Gasteiger charge is -2.17. The minimum Gasteiger partial charge on any atom is -0.481 e. The van der Waals surface area contributed by atoms with Crippen LogP contribution in [-0.4, -0.2) is 42.0 Å². The summed E-state index contributed by atoms with van der Waals surface area (Å²) in [5.74, 6) is -1.50. The molecule has 1 saturated heterocycles. The number of halogens is 2. The first-order chi connectivity index (χ1) is 12.0. The van der Waals surface area contributed by atoms with Crippen molar-refractivity contribution in [3.8, 4) is 5.88 Å². The molecule has 1 N–H and O–H groups in total. The Balaban J connectivity index is 1.54. The van der Waals surface area contributed by atoms with Crippen molar-refractivity contribution in [1.82, 2.24) is 15.2 Å². The van der Waals surface area contributed by atoms with E-state index in [0.717, 1.165) is 30.7 Å². The Bertz CT molecular complexity index is 752. The number of ether oxygens (including phenoxy) is 1. The zero-order valence-electron chi connectivity index (χ0n) is 13.8. The Morgan fingerprint density at radius 2 is 2.20 bits per heavy atom. The van der Waals surface area contributed by atoms with Gasteiger partial charge in [0.1, 0.15) is 11.6 Å². The second-order valence-corrected chi connectivity index (χ2v) is 6.03. The molecule has 0 radical (unpaired) electrons. The third-order valence-electron chi connectivity index (χ3n) is 4.20. The van der Waals surface area contributed by atoms with Crippen LogP contribution < -0.4 is 10.1 Å². The minimum atomic E-state index is -0.850. The molecule has 2 aromatic rings. The Morgan fingerprint density at radius 1 is 1.36 bits per heavy atom. The summed E-state index contributed by atoms with van der Waals surface area (Å²) in [6.45, 7) is 2.21. The molecule has 1 unspecified atom stereocenters. The topological polar surface area (TPSA) is 54.5 Å². The van der Waals surface area contributed by atoms with Crippen LogP contribution in [0.1, 0.15) is 22.3 Å². The van der Waals surface area contributed by atoms with Crippen LogP contribution in [0, 0.1) is 11.6 Å². The standard InChI is InChI=1S/C18H19F2N3O2/c1-25-17-5-2-12(9-21-17)10-23-7-6-14(11-23)22-18(24)15-4-3-13(19)8-16(15)20/h2-5,8-9,14H,6-7,10-11H2,1H3,(H,22,24). The number of likely N-dealkylation sites (tertiary alicyclic amines) is 1. The average molecular weight is 347 g/mol. The van der Waals surface area contributed by atoms with E-state index in [1.54, 1.807) is 13.3 Å². The predicted molar refractivity (Wildman–Crippen MR) is 88.3 cm³/mol. The zero-order chi connectivity index (χ0) is 17.8. The van der Waals surface area contributed by atoms with E-state index < -0.39 is 17.5 Å². The van der Waals surface area contributed by atoms with Crippen LogP contribution in [0.4, 0.5) is 8.78 Å². The van der Waals surface area contributed by atoms with Crippen LogP contribution in [0.15, 0.2) is 36.5 Å². The van der Waals surface area contributed by atoms with E-state index in [0.29, 0.717) is 25.0 Å². The Hall–Kier alpha value is -2.54. The summed E-state index contributed by atoms with van der Waals surface area (Å²) in [5.41, 5.74) is 0.913. The fourth-order valence-corrected chi connectivity index (χ4v) is 2.91. The van der Waals surface area contributed by atoms with E-state index in [1.165, 1.54) is 0 Å². The molecular formula is C18H19F2N3O2. The number of nitrogens with zero attached hydrogens (tertiary/aromatic N) is 2. The highest BCUT2D eigenvalue weighted by atomic mass is 19.1. The molecule has 3 rings (SSSR count). The highest BCUT2D eigenvalue weighted by molar-refractivity contribution is 5.94. The monoisotopic (exact) mass is 347 g/mol. The van der Waals surface area contributed by atoms with Crippen molar-refractivity contribution in [2.75, 3.05) is 20.2 Å². The fourth-order valence-electron chi connectivity index (χ4n) is 2.91. The van der Waals surface area contributed by atoms with Crippen LogP contribution in [0.2, 0.25) is 0 Å². The first-order valence-electron chi connectivity index (χ1n) is 8.02. The number of amides is 1. The van der Waals surface area contributed by atoms with Gasteiger partial charge in [0.05, 0.1) is 12.7 Å². The van der Waals surface area contributed by atoms with Crippen molar-refractivity contribution < 1.29 is 18.3 Å². The quantitative estimate of drug-likeness (QED) is 0.902. The molecule has 1 atom stereocenters. The Kier molecular flexibility index (Phi) is 5.23. The third-order valence-corrected chi connectivity index (χ3v) is 4.20. The van der Waals surface area contributed by atoms with Gasteiger partial charge in [-0.3, -0.25) is 9.69 Å². The maximum atomic E-state index is 13.7. The lowest BCUT2D eigenvalue weighted by molar-refractivity contribution is 0.0933. The number of hydrogen-bond acceptors (Lipinski definition) is 4. The molecule has 0 saturated carbocycles. The van der Waals surface area contributed by atoms with Crippen LogP contribution >= 0.6 is 0 Å². The molecule has 132 valence electrons. The van der Waals surface area contributed by atoms with Gasteiger partial charge in [-0.05, 0) is 24.1 Å². The van der Waals surface area contributed by atoms with Crippen molar-refractivity contribution in [3.63, 3.8) is 0 Å². The number of pyridine rings is 1. The van der Waals surface area contributed by atoms with Gasteiger partial charge in [-0.25, -0.2) is 13.8 Å². The van der Waals surface area contributed by atoms with Gasteiger partial charge in [0.2, 0.25) is 5.88 Å². The Morgan fingerprint density at radius 3 is 2.88 bits per heavy atom. The smallest absolute Gasteiger partial charge is 0.254 e.